The number of benzene rings is 3. The Labute approximate surface area is 259 Å². The fourth-order valence-corrected chi connectivity index (χ4v) is 5.39. The van der Waals surface area contributed by atoms with E-state index in [1.807, 2.05) is 33.8 Å². The third-order valence-corrected chi connectivity index (χ3v) is 7.96. The minimum absolute atomic E-state index is 0.0994. The lowest BCUT2D eigenvalue weighted by Gasteiger charge is -2.18. The number of ether oxygens (including phenoxy) is 4. The van der Waals surface area contributed by atoms with E-state index in [9.17, 15) is 23.1 Å². The van der Waals surface area contributed by atoms with Crippen molar-refractivity contribution in [3.8, 4) is 23.0 Å². The summed E-state index contributed by atoms with van der Waals surface area (Å²) in [6.45, 7) is 9.49. The number of aryl methyl sites for hydroxylation is 1. The van der Waals surface area contributed by atoms with Crippen molar-refractivity contribution in [2.75, 3.05) is 37.9 Å². The molecule has 0 saturated carbocycles. The van der Waals surface area contributed by atoms with E-state index in [0.717, 1.165) is 11.1 Å². The monoisotopic (exact) mass is 627 g/mol. The largest absolute Gasteiger partial charge is 0.507 e. The smallest absolute Gasteiger partial charge is 0.337 e. The Morgan fingerprint density at radius 3 is 2.23 bits per heavy atom. The molecule has 44 heavy (non-hydrogen) atoms. The van der Waals surface area contributed by atoms with Gasteiger partial charge in [-0.25, -0.2) is 13.2 Å². The van der Waals surface area contributed by atoms with Crippen molar-refractivity contribution in [2.24, 2.45) is 5.41 Å². The maximum Gasteiger partial charge on any atom is 0.337 e. The summed E-state index contributed by atoms with van der Waals surface area (Å²) >= 11 is 0. The van der Waals surface area contributed by atoms with Crippen LogP contribution in [-0.4, -0.2) is 58.5 Å². The SMILES string of the molecule is COC(=O)c1ccc(OC)c(OCCS(=O)(=O)Nc2ccc(C)cc2CCOc2ccc(C(=O)CC(C)(C)C)c(O)c2C)c1. The van der Waals surface area contributed by atoms with E-state index in [-0.39, 0.29) is 52.8 Å². The summed E-state index contributed by atoms with van der Waals surface area (Å²) in [5, 5.41) is 10.7. The molecule has 0 saturated heterocycles. The second-order valence-electron chi connectivity index (χ2n) is 11.6. The van der Waals surface area contributed by atoms with Gasteiger partial charge in [-0.3, -0.25) is 9.52 Å². The summed E-state index contributed by atoms with van der Waals surface area (Å²) in [7, 11) is -1.12. The fourth-order valence-electron chi connectivity index (χ4n) is 4.45. The van der Waals surface area contributed by atoms with Gasteiger partial charge in [0.25, 0.3) is 0 Å². The lowest BCUT2D eigenvalue weighted by atomic mass is 9.87. The molecule has 0 amide bonds. The van der Waals surface area contributed by atoms with E-state index < -0.39 is 16.0 Å². The minimum Gasteiger partial charge on any atom is -0.507 e. The van der Waals surface area contributed by atoms with E-state index >= 15 is 0 Å². The molecule has 10 nitrogen and oxygen atoms in total. The van der Waals surface area contributed by atoms with Gasteiger partial charge in [0.2, 0.25) is 10.0 Å². The zero-order valence-electron chi connectivity index (χ0n) is 26.3. The lowest BCUT2D eigenvalue weighted by molar-refractivity contribution is 0.0600. The topological polar surface area (TPSA) is 137 Å². The molecule has 11 heteroatoms. The number of ketones is 1. The minimum atomic E-state index is -3.82. The average molecular weight is 628 g/mol. The van der Waals surface area contributed by atoms with Crippen molar-refractivity contribution < 1.29 is 42.1 Å². The summed E-state index contributed by atoms with van der Waals surface area (Å²) in [5.41, 5.74) is 2.83. The van der Waals surface area contributed by atoms with E-state index in [2.05, 4.69) is 4.72 Å². The Balaban J connectivity index is 1.65. The Kier molecular flexibility index (Phi) is 11.3. The molecule has 0 aliphatic carbocycles. The van der Waals surface area contributed by atoms with Gasteiger partial charge in [0.15, 0.2) is 17.3 Å². The van der Waals surface area contributed by atoms with Crippen LogP contribution in [0.1, 0.15) is 64.6 Å². The fraction of sp³-hybridized carbons (Fsp3) is 0.394. The molecule has 0 bridgehead atoms. The summed E-state index contributed by atoms with van der Waals surface area (Å²) in [5.74, 6) is -0.156. The lowest BCUT2D eigenvalue weighted by Crippen LogP contribution is -2.22. The molecule has 0 spiro atoms. The van der Waals surface area contributed by atoms with E-state index in [1.54, 1.807) is 37.3 Å². The van der Waals surface area contributed by atoms with Crippen molar-refractivity contribution in [1.29, 1.82) is 0 Å². The van der Waals surface area contributed by atoms with Gasteiger partial charge < -0.3 is 24.1 Å². The second kappa shape index (κ2) is 14.5. The predicted octanol–water partition coefficient (Wildman–Crippen LogP) is 5.87. The molecule has 0 aliphatic rings. The number of anilines is 1. The number of rotatable bonds is 14. The van der Waals surface area contributed by atoms with Crippen LogP contribution in [0.25, 0.3) is 0 Å². The Hall–Kier alpha value is -4.25. The van der Waals surface area contributed by atoms with Crippen LogP contribution in [-0.2, 0) is 21.2 Å². The molecule has 2 N–H and O–H groups in total. The Morgan fingerprint density at radius 1 is 0.886 bits per heavy atom. The van der Waals surface area contributed by atoms with Gasteiger partial charge in [0.1, 0.15) is 23.9 Å². The van der Waals surface area contributed by atoms with E-state index in [0.29, 0.717) is 35.6 Å². The van der Waals surface area contributed by atoms with Crippen molar-refractivity contribution in [3.63, 3.8) is 0 Å². The number of phenols is 1. The first-order valence-electron chi connectivity index (χ1n) is 14.1. The average Bonchev–Trinajstić information content (AvgIpc) is 2.95. The van der Waals surface area contributed by atoms with Crippen molar-refractivity contribution in [1.82, 2.24) is 0 Å². The quantitative estimate of drug-likeness (QED) is 0.166. The molecule has 3 rings (SSSR count). The zero-order chi connectivity index (χ0) is 32.7. The standard InChI is InChI=1S/C33H41NO9S/c1-21-8-11-26(34-44(38,39)17-16-43-30-19-24(32(37)41-7)9-12-29(30)40-6)23(18-21)14-15-42-28-13-10-25(31(36)22(28)2)27(35)20-33(3,4)5/h8-13,18-19,34,36H,14-17,20H2,1-7H3. The predicted molar refractivity (Wildman–Crippen MR) is 169 cm³/mol. The highest BCUT2D eigenvalue weighted by atomic mass is 32.2. The van der Waals surface area contributed by atoms with E-state index in [1.165, 1.54) is 26.4 Å². The summed E-state index contributed by atoms with van der Waals surface area (Å²) in [4.78, 5) is 24.5. The first-order chi connectivity index (χ1) is 20.6. The van der Waals surface area contributed by atoms with Crippen molar-refractivity contribution in [3.05, 3.63) is 76.3 Å². The molecule has 0 radical (unpaired) electrons. The molecule has 238 valence electrons. The van der Waals surface area contributed by atoms with Gasteiger partial charge in [0.05, 0.1) is 37.6 Å². The number of esters is 1. The third kappa shape index (κ3) is 9.37. The number of aromatic hydroxyl groups is 1. The first-order valence-corrected chi connectivity index (χ1v) is 15.8. The number of methoxy groups -OCH3 is 2. The van der Waals surface area contributed by atoms with Crippen molar-refractivity contribution >= 4 is 27.5 Å². The third-order valence-electron chi connectivity index (χ3n) is 6.72. The van der Waals surface area contributed by atoms with Gasteiger partial charge in [-0.1, -0.05) is 38.5 Å². The zero-order valence-corrected chi connectivity index (χ0v) is 27.1. The molecule has 0 atom stereocenters. The number of hydrogen-bond donors (Lipinski definition) is 2. The van der Waals surface area contributed by atoms with Crippen LogP contribution >= 0.6 is 0 Å². The van der Waals surface area contributed by atoms with Crippen LogP contribution in [0.2, 0.25) is 0 Å². The van der Waals surface area contributed by atoms with E-state index in [4.69, 9.17) is 18.9 Å². The number of sulfonamides is 1. The molecular weight excluding hydrogens is 586 g/mol. The number of nitrogens with one attached hydrogen (secondary N) is 1. The highest BCUT2D eigenvalue weighted by Gasteiger charge is 2.22. The molecule has 0 heterocycles. The summed E-state index contributed by atoms with van der Waals surface area (Å²) in [6, 6.07) is 13.1. The van der Waals surface area contributed by atoms with Gasteiger partial charge in [-0.05, 0) is 61.2 Å². The van der Waals surface area contributed by atoms with Gasteiger partial charge >= 0.3 is 5.97 Å². The molecule has 0 aliphatic heterocycles. The summed E-state index contributed by atoms with van der Waals surface area (Å²) < 4.78 is 50.1. The number of hydrogen-bond acceptors (Lipinski definition) is 9. The number of carbonyl (C=O) groups is 2. The molecule has 0 fully saturated rings. The molecular formula is C33H41NO9S. The summed E-state index contributed by atoms with van der Waals surface area (Å²) in [6.07, 6.45) is 0.674. The number of carbonyl (C=O) groups excluding carboxylic acids is 2. The highest BCUT2D eigenvalue weighted by molar-refractivity contribution is 7.92. The van der Waals surface area contributed by atoms with Gasteiger partial charge in [-0.15, -0.1) is 0 Å². The number of Topliss-reactive ketones (excluding diaryl/α,β-unsaturated/α-hetero) is 1. The van der Waals surface area contributed by atoms with Crippen LogP contribution in [0.5, 0.6) is 23.0 Å². The molecule has 3 aromatic carbocycles. The Bertz CT molecular complexity index is 1610. The first kappa shape index (κ1) is 34.2. The van der Waals surface area contributed by atoms with Crippen LogP contribution in [0.4, 0.5) is 5.69 Å². The van der Waals surface area contributed by atoms with Crippen molar-refractivity contribution in [2.45, 2.75) is 47.5 Å². The second-order valence-corrected chi connectivity index (χ2v) is 13.5. The highest BCUT2D eigenvalue weighted by Crippen LogP contribution is 2.34. The van der Waals surface area contributed by atoms with Crippen LogP contribution in [0, 0.1) is 19.3 Å². The van der Waals surface area contributed by atoms with Crippen LogP contribution in [0.3, 0.4) is 0 Å². The maximum atomic E-state index is 13.0. The van der Waals surface area contributed by atoms with Crippen LogP contribution in [0.15, 0.2) is 48.5 Å². The maximum absolute atomic E-state index is 13.0. The molecule has 0 aromatic heterocycles. The number of phenolic OH excluding ortho intramolecular Hbond substituents is 1. The van der Waals surface area contributed by atoms with Gasteiger partial charge in [-0.2, -0.15) is 0 Å². The van der Waals surface area contributed by atoms with Crippen LogP contribution < -0.4 is 18.9 Å². The Morgan fingerprint density at radius 2 is 1.57 bits per heavy atom. The molecule has 3 aromatic rings. The molecule has 0 unspecified atom stereocenters. The van der Waals surface area contributed by atoms with Gasteiger partial charge in [0, 0.05) is 18.4 Å². The normalized spacial score (nSPS) is 11.5.